The molecule has 0 aliphatic heterocycles. The highest BCUT2D eigenvalue weighted by Crippen LogP contribution is 2.36. The summed E-state index contributed by atoms with van der Waals surface area (Å²) in [4.78, 5) is 0. The molecule has 0 aliphatic rings. The van der Waals surface area contributed by atoms with E-state index < -0.39 is 0 Å². The van der Waals surface area contributed by atoms with Gasteiger partial charge in [0.1, 0.15) is 5.76 Å². The fourth-order valence-corrected chi connectivity index (χ4v) is 2.74. The first kappa shape index (κ1) is 14.0. The van der Waals surface area contributed by atoms with Crippen LogP contribution in [0.5, 0.6) is 0 Å². The zero-order chi connectivity index (χ0) is 14.2. The van der Waals surface area contributed by atoms with Gasteiger partial charge in [-0.05, 0) is 32.9 Å². The SMILES string of the molecule is Cc1noc(C)c1C(C)Nc1c(Cl)cc(N)cc1Cl. The topological polar surface area (TPSA) is 64.1 Å². The maximum Gasteiger partial charge on any atom is 0.139 e. The van der Waals surface area contributed by atoms with Crippen LogP contribution >= 0.6 is 23.2 Å². The van der Waals surface area contributed by atoms with Crippen LogP contribution in [0.2, 0.25) is 10.0 Å². The quantitative estimate of drug-likeness (QED) is 0.827. The first-order valence-corrected chi connectivity index (χ1v) is 6.59. The van der Waals surface area contributed by atoms with E-state index in [0.29, 0.717) is 21.4 Å². The number of aryl methyl sites for hydroxylation is 2. The minimum atomic E-state index is -0.0233. The maximum atomic E-state index is 6.15. The molecule has 0 bridgehead atoms. The number of nitrogens with two attached hydrogens (primary N) is 1. The Hall–Kier alpha value is -1.39. The van der Waals surface area contributed by atoms with E-state index in [1.807, 2.05) is 20.8 Å². The molecular formula is C13H15Cl2N3O. The van der Waals surface area contributed by atoms with Crippen molar-refractivity contribution < 1.29 is 4.52 Å². The van der Waals surface area contributed by atoms with Crippen molar-refractivity contribution in [1.29, 1.82) is 0 Å². The highest BCUT2D eigenvalue weighted by atomic mass is 35.5. The normalized spacial score (nSPS) is 12.5. The Bertz CT molecular complexity index is 567. The molecule has 0 aliphatic carbocycles. The molecule has 0 fully saturated rings. The third-order valence-corrected chi connectivity index (χ3v) is 3.54. The largest absolute Gasteiger partial charge is 0.399 e. The van der Waals surface area contributed by atoms with Gasteiger partial charge in [-0.1, -0.05) is 28.4 Å². The van der Waals surface area contributed by atoms with Crippen molar-refractivity contribution in [2.45, 2.75) is 26.8 Å². The van der Waals surface area contributed by atoms with Crippen molar-refractivity contribution in [3.8, 4) is 0 Å². The molecule has 1 unspecified atom stereocenters. The predicted octanol–water partition coefficient (Wildman–Crippen LogP) is 4.35. The van der Waals surface area contributed by atoms with E-state index in [4.69, 9.17) is 33.5 Å². The summed E-state index contributed by atoms with van der Waals surface area (Å²) in [6.45, 7) is 5.77. The summed E-state index contributed by atoms with van der Waals surface area (Å²) < 4.78 is 5.16. The zero-order valence-electron chi connectivity index (χ0n) is 10.9. The highest BCUT2D eigenvalue weighted by Gasteiger charge is 2.18. The van der Waals surface area contributed by atoms with Crippen LogP contribution in [0.1, 0.15) is 30.0 Å². The van der Waals surface area contributed by atoms with Gasteiger partial charge in [0.15, 0.2) is 0 Å². The van der Waals surface area contributed by atoms with Gasteiger partial charge in [0, 0.05) is 11.3 Å². The van der Waals surface area contributed by atoms with Gasteiger partial charge in [0.05, 0.1) is 27.5 Å². The second-order valence-corrected chi connectivity index (χ2v) is 5.28. The van der Waals surface area contributed by atoms with Crippen LogP contribution < -0.4 is 11.1 Å². The van der Waals surface area contributed by atoms with E-state index in [0.717, 1.165) is 17.0 Å². The average molecular weight is 300 g/mol. The van der Waals surface area contributed by atoms with Gasteiger partial charge in [-0.15, -0.1) is 0 Å². The molecule has 2 rings (SSSR count). The molecule has 0 saturated carbocycles. The van der Waals surface area contributed by atoms with Gasteiger partial charge in [-0.3, -0.25) is 0 Å². The van der Waals surface area contributed by atoms with Crippen LogP contribution in [0.4, 0.5) is 11.4 Å². The van der Waals surface area contributed by atoms with Gasteiger partial charge < -0.3 is 15.6 Å². The van der Waals surface area contributed by atoms with Crippen LogP contribution in [0.25, 0.3) is 0 Å². The Labute approximate surface area is 121 Å². The molecule has 3 N–H and O–H groups in total. The lowest BCUT2D eigenvalue weighted by Gasteiger charge is -2.17. The maximum absolute atomic E-state index is 6.15. The number of benzene rings is 1. The van der Waals surface area contributed by atoms with Gasteiger partial charge in [-0.2, -0.15) is 0 Å². The number of anilines is 2. The lowest BCUT2D eigenvalue weighted by molar-refractivity contribution is 0.392. The third-order valence-electron chi connectivity index (χ3n) is 2.95. The van der Waals surface area contributed by atoms with E-state index in [9.17, 15) is 0 Å². The standard InChI is InChI=1S/C13H15Cl2N3O/c1-6(12-7(2)18-19-8(12)3)17-13-10(14)4-9(16)5-11(13)15/h4-6,17H,16H2,1-3H3. The molecular weight excluding hydrogens is 285 g/mol. The molecule has 6 heteroatoms. The first-order valence-electron chi connectivity index (χ1n) is 5.84. The monoisotopic (exact) mass is 299 g/mol. The Balaban J connectivity index is 2.32. The van der Waals surface area contributed by atoms with Crippen molar-refractivity contribution in [1.82, 2.24) is 5.16 Å². The summed E-state index contributed by atoms with van der Waals surface area (Å²) in [6.07, 6.45) is 0. The Morgan fingerprint density at radius 3 is 2.32 bits per heavy atom. The smallest absolute Gasteiger partial charge is 0.139 e. The zero-order valence-corrected chi connectivity index (χ0v) is 12.4. The number of rotatable bonds is 3. The number of nitrogen functional groups attached to an aromatic ring is 1. The lowest BCUT2D eigenvalue weighted by Crippen LogP contribution is -2.09. The molecule has 0 spiro atoms. The number of aromatic nitrogens is 1. The van der Waals surface area contributed by atoms with Crippen LogP contribution in [0.3, 0.4) is 0 Å². The molecule has 0 amide bonds. The lowest BCUT2D eigenvalue weighted by atomic mass is 10.1. The van der Waals surface area contributed by atoms with Crippen molar-refractivity contribution in [2.24, 2.45) is 0 Å². The molecule has 102 valence electrons. The summed E-state index contributed by atoms with van der Waals surface area (Å²) in [5.41, 5.74) is 8.72. The summed E-state index contributed by atoms with van der Waals surface area (Å²) in [7, 11) is 0. The highest BCUT2D eigenvalue weighted by molar-refractivity contribution is 6.39. The molecule has 1 heterocycles. The number of nitrogens with one attached hydrogen (secondary N) is 1. The van der Waals surface area contributed by atoms with Crippen molar-refractivity contribution in [3.05, 3.63) is 39.2 Å². The second kappa shape index (κ2) is 5.31. The summed E-state index contributed by atoms with van der Waals surface area (Å²) >= 11 is 12.3. The Morgan fingerprint density at radius 2 is 1.84 bits per heavy atom. The molecule has 4 nitrogen and oxygen atoms in total. The molecule has 1 atom stereocenters. The molecule has 2 aromatic rings. The Morgan fingerprint density at radius 1 is 1.26 bits per heavy atom. The van der Waals surface area contributed by atoms with Gasteiger partial charge in [0.25, 0.3) is 0 Å². The number of nitrogens with zero attached hydrogens (tertiary/aromatic N) is 1. The predicted molar refractivity (Wildman–Crippen MR) is 78.9 cm³/mol. The Kier molecular flexibility index (Phi) is 3.92. The van der Waals surface area contributed by atoms with E-state index in [1.165, 1.54) is 0 Å². The third kappa shape index (κ3) is 2.80. The van der Waals surface area contributed by atoms with E-state index >= 15 is 0 Å². The summed E-state index contributed by atoms with van der Waals surface area (Å²) in [6, 6.07) is 3.30. The number of halogens is 2. The summed E-state index contributed by atoms with van der Waals surface area (Å²) in [5.74, 6) is 0.778. The summed E-state index contributed by atoms with van der Waals surface area (Å²) in [5, 5.41) is 8.19. The average Bonchev–Trinajstić information content (AvgIpc) is 2.63. The van der Waals surface area contributed by atoms with Gasteiger partial charge in [-0.25, -0.2) is 0 Å². The van der Waals surface area contributed by atoms with Crippen LogP contribution in [0, 0.1) is 13.8 Å². The van der Waals surface area contributed by atoms with Crippen LogP contribution in [0.15, 0.2) is 16.7 Å². The fourth-order valence-electron chi connectivity index (χ4n) is 2.13. The molecule has 1 aromatic heterocycles. The molecule has 1 aromatic carbocycles. The molecule has 19 heavy (non-hydrogen) atoms. The van der Waals surface area contributed by atoms with Crippen LogP contribution in [-0.2, 0) is 0 Å². The van der Waals surface area contributed by atoms with Crippen LogP contribution in [-0.4, -0.2) is 5.16 Å². The number of hydrogen-bond acceptors (Lipinski definition) is 4. The van der Waals surface area contributed by atoms with Gasteiger partial charge >= 0.3 is 0 Å². The second-order valence-electron chi connectivity index (χ2n) is 4.46. The fraction of sp³-hybridized carbons (Fsp3) is 0.308. The van der Waals surface area contributed by atoms with Crippen molar-refractivity contribution in [2.75, 3.05) is 11.1 Å². The first-order chi connectivity index (χ1) is 8.90. The van der Waals surface area contributed by atoms with E-state index in [1.54, 1.807) is 12.1 Å². The van der Waals surface area contributed by atoms with Crippen molar-refractivity contribution in [3.63, 3.8) is 0 Å². The molecule has 0 saturated heterocycles. The minimum absolute atomic E-state index is 0.0233. The van der Waals surface area contributed by atoms with E-state index in [2.05, 4.69) is 10.5 Å². The molecule has 0 radical (unpaired) electrons. The van der Waals surface area contributed by atoms with Crippen molar-refractivity contribution >= 4 is 34.6 Å². The van der Waals surface area contributed by atoms with E-state index in [-0.39, 0.29) is 6.04 Å². The number of hydrogen-bond donors (Lipinski definition) is 2. The minimum Gasteiger partial charge on any atom is -0.399 e. The van der Waals surface area contributed by atoms with Gasteiger partial charge in [0.2, 0.25) is 0 Å².